The molecule has 0 aromatic heterocycles. The fraction of sp³-hybridized carbons (Fsp3) is 0.533. The van der Waals surface area contributed by atoms with Gasteiger partial charge in [0, 0.05) is 18.8 Å². The van der Waals surface area contributed by atoms with Gasteiger partial charge in [0.25, 0.3) is 0 Å². The van der Waals surface area contributed by atoms with Gasteiger partial charge in [-0.3, -0.25) is 4.79 Å². The van der Waals surface area contributed by atoms with Gasteiger partial charge in [0.2, 0.25) is 5.91 Å². The molecule has 1 aromatic carbocycles. The molecule has 1 aliphatic heterocycles. The Bertz CT molecular complexity index is 440. The molecule has 0 spiro atoms. The molecule has 104 valence electrons. The molecule has 1 amide bonds. The molecule has 1 unspecified atom stereocenters. The Morgan fingerprint density at radius 2 is 2.37 bits per heavy atom. The summed E-state index contributed by atoms with van der Waals surface area (Å²) in [5, 5.41) is 6.26. The van der Waals surface area contributed by atoms with Crippen LogP contribution in [0.2, 0.25) is 0 Å². The number of rotatable bonds is 4. The summed E-state index contributed by atoms with van der Waals surface area (Å²) in [7, 11) is 0. The average Bonchev–Trinajstić information content (AvgIpc) is 2.42. The van der Waals surface area contributed by atoms with Crippen molar-refractivity contribution in [1.29, 1.82) is 0 Å². The molecule has 1 atom stereocenters. The molecule has 1 saturated heterocycles. The fourth-order valence-corrected chi connectivity index (χ4v) is 2.35. The van der Waals surface area contributed by atoms with Crippen LogP contribution in [0.1, 0.15) is 24.5 Å². The third kappa shape index (κ3) is 3.78. The number of benzene rings is 1. The molecule has 1 heterocycles. The second-order valence-corrected chi connectivity index (χ2v) is 4.91. The molecule has 1 aromatic rings. The number of para-hydroxylation sites is 1. The standard InChI is InChI=1S/C15H22N2O2/c1-3-12-6-4-5-11(2)15(12)17-14(18)9-13-10-16-7-8-19-13/h4-6,13,16H,3,7-10H2,1-2H3,(H,17,18). The lowest BCUT2D eigenvalue weighted by Crippen LogP contribution is -2.40. The summed E-state index contributed by atoms with van der Waals surface area (Å²) in [5.41, 5.74) is 3.24. The van der Waals surface area contributed by atoms with Crippen molar-refractivity contribution in [3.8, 4) is 0 Å². The molecule has 4 heteroatoms. The zero-order chi connectivity index (χ0) is 13.7. The van der Waals surface area contributed by atoms with E-state index in [2.05, 4.69) is 23.6 Å². The van der Waals surface area contributed by atoms with Crippen molar-refractivity contribution in [2.24, 2.45) is 0 Å². The number of carbonyl (C=O) groups is 1. The minimum atomic E-state index is -0.0113. The van der Waals surface area contributed by atoms with E-state index in [1.807, 2.05) is 19.1 Å². The van der Waals surface area contributed by atoms with Gasteiger partial charge in [0.1, 0.15) is 0 Å². The summed E-state index contributed by atoms with van der Waals surface area (Å²) >= 11 is 0. The van der Waals surface area contributed by atoms with Crippen molar-refractivity contribution in [2.45, 2.75) is 32.8 Å². The van der Waals surface area contributed by atoms with Gasteiger partial charge in [-0.05, 0) is 24.5 Å². The van der Waals surface area contributed by atoms with Gasteiger partial charge in [-0.1, -0.05) is 25.1 Å². The highest BCUT2D eigenvalue weighted by Crippen LogP contribution is 2.21. The topological polar surface area (TPSA) is 50.4 Å². The first-order valence-electron chi connectivity index (χ1n) is 6.91. The minimum Gasteiger partial charge on any atom is -0.375 e. The van der Waals surface area contributed by atoms with E-state index in [1.165, 1.54) is 5.56 Å². The summed E-state index contributed by atoms with van der Waals surface area (Å²) in [6.07, 6.45) is 1.31. The smallest absolute Gasteiger partial charge is 0.227 e. The molecule has 0 saturated carbocycles. The monoisotopic (exact) mass is 262 g/mol. The van der Waals surface area contributed by atoms with E-state index in [0.717, 1.165) is 30.8 Å². The van der Waals surface area contributed by atoms with Crippen LogP contribution in [0.3, 0.4) is 0 Å². The highest BCUT2D eigenvalue weighted by Gasteiger charge is 2.18. The number of ether oxygens (including phenoxy) is 1. The van der Waals surface area contributed by atoms with Crippen molar-refractivity contribution in [3.63, 3.8) is 0 Å². The van der Waals surface area contributed by atoms with Crippen LogP contribution < -0.4 is 10.6 Å². The lowest BCUT2D eigenvalue weighted by Gasteiger charge is -2.23. The third-order valence-electron chi connectivity index (χ3n) is 3.42. The minimum absolute atomic E-state index is 0.0113. The maximum absolute atomic E-state index is 12.1. The lowest BCUT2D eigenvalue weighted by atomic mass is 10.1. The normalized spacial score (nSPS) is 19.2. The second-order valence-electron chi connectivity index (χ2n) is 4.91. The van der Waals surface area contributed by atoms with Gasteiger partial charge >= 0.3 is 0 Å². The number of anilines is 1. The Hall–Kier alpha value is -1.39. The molecule has 19 heavy (non-hydrogen) atoms. The van der Waals surface area contributed by atoms with Crippen molar-refractivity contribution in [1.82, 2.24) is 5.32 Å². The molecule has 2 rings (SSSR count). The fourth-order valence-electron chi connectivity index (χ4n) is 2.35. The number of hydrogen-bond donors (Lipinski definition) is 2. The average molecular weight is 262 g/mol. The molecule has 0 bridgehead atoms. The van der Waals surface area contributed by atoms with Crippen LogP contribution in [0.4, 0.5) is 5.69 Å². The third-order valence-corrected chi connectivity index (χ3v) is 3.42. The largest absolute Gasteiger partial charge is 0.375 e. The Morgan fingerprint density at radius 3 is 3.05 bits per heavy atom. The number of carbonyl (C=O) groups excluding carboxylic acids is 1. The second kappa shape index (κ2) is 6.68. The van der Waals surface area contributed by atoms with Gasteiger partial charge in [-0.25, -0.2) is 0 Å². The van der Waals surface area contributed by atoms with Gasteiger partial charge in [0.15, 0.2) is 0 Å². The van der Waals surface area contributed by atoms with Crippen molar-refractivity contribution in [3.05, 3.63) is 29.3 Å². The molecule has 2 N–H and O–H groups in total. The number of hydrogen-bond acceptors (Lipinski definition) is 3. The molecular weight excluding hydrogens is 240 g/mol. The predicted molar refractivity (Wildman–Crippen MR) is 76.4 cm³/mol. The molecule has 1 aliphatic rings. The summed E-state index contributed by atoms with van der Waals surface area (Å²) in [6, 6.07) is 6.10. The number of aryl methyl sites for hydroxylation is 2. The number of amides is 1. The lowest BCUT2D eigenvalue weighted by molar-refractivity contribution is -0.119. The van der Waals surface area contributed by atoms with Crippen LogP contribution in [0.5, 0.6) is 0 Å². The van der Waals surface area contributed by atoms with Crippen LogP contribution >= 0.6 is 0 Å². The van der Waals surface area contributed by atoms with Crippen LogP contribution in [0.15, 0.2) is 18.2 Å². The van der Waals surface area contributed by atoms with Crippen molar-refractivity contribution < 1.29 is 9.53 Å². The Labute approximate surface area is 114 Å². The van der Waals surface area contributed by atoms with E-state index in [-0.39, 0.29) is 12.0 Å². The summed E-state index contributed by atoms with van der Waals surface area (Å²) < 4.78 is 5.55. The van der Waals surface area contributed by atoms with E-state index in [9.17, 15) is 4.79 Å². The van der Waals surface area contributed by atoms with Crippen LogP contribution in [-0.2, 0) is 16.0 Å². The summed E-state index contributed by atoms with van der Waals surface area (Å²) in [5.74, 6) is 0.0256. The maximum Gasteiger partial charge on any atom is 0.227 e. The van der Waals surface area contributed by atoms with E-state index >= 15 is 0 Å². The highest BCUT2D eigenvalue weighted by molar-refractivity contribution is 5.92. The van der Waals surface area contributed by atoms with Crippen LogP contribution in [0.25, 0.3) is 0 Å². The first kappa shape index (κ1) is 14.0. The zero-order valence-corrected chi connectivity index (χ0v) is 11.7. The predicted octanol–water partition coefficient (Wildman–Crippen LogP) is 1.87. The molecular formula is C15H22N2O2. The Balaban J connectivity index is 1.98. The summed E-state index contributed by atoms with van der Waals surface area (Å²) in [6.45, 7) is 6.42. The van der Waals surface area contributed by atoms with E-state index in [4.69, 9.17) is 4.74 Å². The van der Waals surface area contributed by atoms with E-state index < -0.39 is 0 Å². The highest BCUT2D eigenvalue weighted by atomic mass is 16.5. The van der Waals surface area contributed by atoms with Crippen LogP contribution in [-0.4, -0.2) is 31.7 Å². The van der Waals surface area contributed by atoms with Gasteiger partial charge in [0.05, 0.1) is 19.1 Å². The first-order chi connectivity index (χ1) is 9.20. The zero-order valence-electron chi connectivity index (χ0n) is 11.7. The van der Waals surface area contributed by atoms with Crippen molar-refractivity contribution >= 4 is 11.6 Å². The van der Waals surface area contributed by atoms with Gasteiger partial charge < -0.3 is 15.4 Å². The first-order valence-corrected chi connectivity index (χ1v) is 6.91. The quantitative estimate of drug-likeness (QED) is 0.871. The maximum atomic E-state index is 12.1. The van der Waals surface area contributed by atoms with Crippen LogP contribution in [0, 0.1) is 6.92 Å². The summed E-state index contributed by atoms with van der Waals surface area (Å²) in [4.78, 5) is 12.1. The molecule has 0 radical (unpaired) electrons. The SMILES string of the molecule is CCc1cccc(C)c1NC(=O)CC1CNCCO1. The number of nitrogens with one attached hydrogen (secondary N) is 2. The van der Waals surface area contributed by atoms with Gasteiger partial charge in [-0.2, -0.15) is 0 Å². The Morgan fingerprint density at radius 1 is 1.53 bits per heavy atom. The van der Waals surface area contributed by atoms with Crippen molar-refractivity contribution in [2.75, 3.05) is 25.0 Å². The number of morpholine rings is 1. The Kier molecular flexibility index (Phi) is 4.93. The molecule has 4 nitrogen and oxygen atoms in total. The van der Waals surface area contributed by atoms with E-state index in [0.29, 0.717) is 13.0 Å². The molecule has 0 aliphatic carbocycles. The van der Waals surface area contributed by atoms with Gasteiger partial charge in [-0.15, -0.1) is 0 Å². The molecule has 1 fully saturated rings. The van der Waals surface area contributed by atoms with E-state index in [1.54, 1.807) is 0 Å².